The maximum absolute atomic E-state index is 15.2. The first-order valence-corrected chi connectivity index (χ1v) is 15.3. The monoisotopic (exact) mass is 528 g/mol. The largest absolute Gasteiger partial charge is 0.491 e. The second-order valence-electron chi connectivity index (χ2n) is 12.1. The van der Waals surface area contributed by atoms with Crippen molar-refractivity contribution in [3.8, 4) is 5.75 Å². The smallest absolute Gasteiger partial charge is 0.200 e. The van der Waals surface area contributed by atoms with Crippen LogP contribution in [0.3, 0.4) is 0 Å². The Kier molecular flexibility index (Phi) is 10.6. The molecule has 0 spiro atoms. The molecule has 4 rings (SSSR count). The van der Waals surface area contributed by atoms with Crippen molar-refractivity contribution in [3.05, 3.63) is 64.0 Å². The summed E-state index contributed by atoms with van der Waals surface area (Å²) >= 11 is 0. The molecule has 0 bridgehead atoms. The lowest BCUT2D eigenvalue weighted by Gasteiger charge is -2.32. The predicted molar refractivity (Wildman–Crippen MR) is 150 cm³/mol. The van der Waals surface area contributed by atoms with E-state index in [0.717, 1.165) is 47.3 Å². The van der Waals surface area contributed by atoms with E-state index in [1.165, 1.54) is 70.3 Å². The molecule has 0 saturated heterocycles. The van der Waals surface area contributed by atoms with Gasteiger partial charge in [0.15, 0.2) is 11.6 Å². The highest BCUT2D eigenvalue weighted by Gasteiger charge is 2.27. The van der Waals surface area contributed by atoms with Crippen LogP contribution < -0.4 is 4.74 Å². The van der Waals surface area contributed by atoms with Crippen molar-refractivity contribution >= 4 is 0 Å². The van der Waals surface area contributed by atoms with E-state index in [9.17, 15) is 8.78 Å². The van der Waals surface area contributed by atoms with Crippen LogP contribution in [0.25, 0.3) is 0 Å². The minimum absolute atomic E-state index is 0.0652. The van der Waals surface area contributed by atoms with Gasteiger partial charge in [-0.3, -0.25) is 0 Å². The van der Waals surface area contributed by atoms with Crippen molar-refractivity contribution in [3.63, 3.8) is 0 Å². The Morgan fingerprint density at radius 3 is 1.89 bits per heavy atom. The number of benzene rings is 2. The van der Waals surface area contributed by atoms with Crippen molar-refractivity contribution in [2.45, 2.75) is 117 Å². The van der Waals surface area contributed by atoms with E-state index in [-0.39, 0.29) is 18.2 Å². The summed E-state index contributed by atoms with van der Waals surface area (Å²) in [6, 6.07) is 6.69. The molecule has 0 aromatic heterocycles. The molecule has 1 nitrogen and oxygen atoms in total. The molecule has 2 saturated carbocycles. The van der Waals surface area contributed by atoms with Gasteiger partial charge < -0.3 is 4.74 Å². The summed E-state index contributed by atoms with van der Waals surface area (Å²) < 4.78 is 49.1. The van der Waals surface area contributed by atoms with Gasteiger partial charge >= 0.3 is 0 Å². The van der Waals surface area contributed by atoms with Gasteiger partial charge in [0, 0.05) is 0 Å². The Balaban J connectivity index is 1.27. The van der Waals surface area contributed by atoms with E-state index in [1.54, 1.807) is 19.1 Å². The third-order valence-electron chi connectivity index (χ3n) is 9.48. The Labute approximate surface area is 228 Å². The second-order valence-corrected chi connectivity index (χ2v) is 12.1. The van der Waals surface area contributed by atoms with E-state index in [1.807, 2.05) is 13.0 Å². The van der Waals surface area contributed by atoms with Gasteiger partial charge in [0.2, 0.25) is 5.82 Å². The summed E-state index contributed by atoms with van der Waals surface area (Å²) in [6.07, 6.45) is 16.5. The van der Waals surface area contributed by atoms with Crippen LogP contribution in [0, 0.1) is 42.1 Å². The molecular formula is C34H47F3O. The number of halogens is 3. The Morgan fingerprint density at radius 2 is 1.29 bits per heavy atom. The van der Waals surface area contributed by atoms with Crippen LogP contribution in [-0.2, 0) is 12.8 Å². The zero-order valence-corrected chi connectivity index (χ0v) is 23.8. The van der Waals surface area contributed by atoms with Gasteiger partial charge in [-0.1, -0.05) is 70.4 Å². The zero-order chi connectivity index (χ0) is 27.1. The summed E-state index contributed by atoms with van der Waals surface area (Å²) in [6.45, 7) is 6.33. The lowest BCUT2D eigenvalue weighted by Crippen LogP contribution is -2.18. The highest BCUT2D eigenvalue weighted by molar-refractivity contribution is 5.36. The van der Waals surface area contributed by atoms with Gasteiger partial charge in [-0.15, -0.1) is 0 Å². The Morgan fingerprint density at radius 1 is 0.711 bits per heavy atom. The Hall–Kier alpha value is -1.97. The normalized spacial score (nSPS) is 23.9. The lowest BCUT2D eigenvalue weighted by atomic mass is 9.73. The molecule has 0 amide bonds. The topological polar surface area (TPSA) is 9.23 Å². The first-order valence-electron chi connectivity index (χ1n) is 15.3. The van der Waals surface area contributed by atoms with Gasteiger partial charge in [-0.05, 0) is 110 Å². The third-order valence-corrected chi connectivity index (χ3v) is 9.48. The van der Waals surface area contributed by atoms with Crippen molar-refractivity contribution in [1.29, 1.82) is 0 Å². The highest BCUT2D eigenvalue weighted by Crippen LogP contribution is 2.41. The van der Waals surface area contributed by atoms with Crippen LogP contribution >= 0.6 is 0 Å². The molecule has 38 heavy (non-hydrogen) atoms. The third kappa shape index (κ3) is 7.36. The van der Waals surface area contributed by atoms with Crippen LogP contribution in [0.5, 0.6) is 5.75 Å². The molecule has 0 N–H and O–H groups in total. The highest BCUT2D eigenvalue weighted by atomic mass is 19.2. The van der Waals surface area contributed by atoms with Crippen LogP contribution in [0.1, 0.15) is 119 Å². The molecular weight excluding hydrogens is 481 g/mol. The molecule has 0 atom stereocenters. The molecule has 0 aliphatic heterocycles. The fourth-order valence-corrected chi connectivity index (χ4v) is 7.08. The summed E-state index contributed by atoms with van der Waals surface area (Å²) in [5.41, 5.74) is 3.04. The molecule has 2 aromatic carbocycles. The van der Waals surface area contributed by atoms with Crippen LogP contribution in [0.2, 0.25) is 0 Å². The average Bonchev–Trinajstić information content (AvgIpc) is 2.92. The standard InChI is InChI=1S/C34H47F3O/c1-4-6-24-7-9-25(10-8-24)11-12-26-13-15-27(16-14-26)30-21-23(3)29(22-31(30)35)18-17-28-19-20-32(38-5-2)34(37)33(28)36/h19-22,24-27H,4-18H2,1-3H3. The summed E-state index contributed by atoms with van der Waals surface area (Å²) in [5, 5.41) is 0. The summed E-state index contributed by atoms with van der Waals surface area (Å²) in [7, 11) is 0. The van der Waals surface area contributed by atoms with Crippen LogP contribution in [0.15, 0.2) is 24.3 Å². The van der Waals surface area contributed by atoms with E-state index >= 15 is 4.39 Å². The minimum Gasteiger partial charge on any atom is -0.491 e. The Bertz CT molecular complexity index is 1030. The lowest BCUT2D eigenvalue weighted by molar-refractivity contribution is 0.223. The molecule has 0 radical (unpaired) electrons. The predicted octanol–water partition coefficient (Wildman–Crippen LogP) is 10.3. The fraction of sp³-hybridized carbons (Fsp3) is 0.647. The number of ether oxygens (including phenoxy) is 1. The van der Waals surface area contributed by atoms with Crippen molar-refractivity contribution in [2.75, 3.05) is 6.61 Å². The van der Waals surface area contributed by atoms with Crippen molar-refractivity contribution < 1.29 is 17.9 Å². The molecule has 210 valence electrons. The van der Waals surface area contributed by atoms with E-state index in [0.29, 0.717) is 24.3 Å². The summed E-state index contributed by atoms with van der Waals surface area (Å²) in [4.78, 5) is 0. The fourth-order valence-electron chi connectivity index (χ4n) is 7.08. The first-order chi connectivity index (χ1) is 18.4. The molecule has 4 heteroatoms. The van der Waals surface area contributed by atoms with Gasteiger partial charge in [-0.2, -0.15) is 4.39 Å². The molecule has 2 aliphatic carbocycles. The van der Waals surface area contributed by atoms with E-state index < -0.39 is 11.6 Å². The van der Waals surface area contributed by atoms with Gasteiger partial charge in [0.05, 0.1) is 6.61 Å². The number of hydrogen-bond acceptors (Lipinski definition) is 1. The maximum atomic E-state index is 15.2. The second kappa shape index (κ2) is 13.9. The van der Waals surface area contributed by atoms with Gasteiger partial charge in [0.1, 0.15) is 5.82 Å². The number of hydrogen-bond donors (Lipinski definition) is 0. The van der Waals surface area contributed by atoms with Crippen LogP contribution in [0.4, 0.5) is 13.2 Å². The van der Waals surface area contributed by atoms with E-state index in [4.69, 9.17) is 4.74 Å². The summed E-state index contributed by atoms with van der Waals surface area (Å²) in [5.74, 6) is 0.979. The van der Waals surface area contributed by atoms with Crippen molar-refractivity contribution in [1.82, 2.24) is 0 Å². The first kappa shape index (κ1) is 29.0. The van der Waals surface area contributed by atoms with Crippen molar-refractivity contribution in [2.24, 2.45) is 17.8 Å². The number of aryl methyl sites for hydroxylation is 3. The number of rotatable bonds is 11. The maximum Gasteiger partial charge on any atom is 0.200 e. The zero-order valence-electron chi connectivity index (χ0n) is 23.8. The molecule has 2 aromatic rings. The average molecular weight is 529 g/mol. The molecule has 2 aliphatic rings. The quantitative estimate of drug-likeness (QED) is 0.282. The van der Waals surface area contributed by atoms with E-state index in [2.05, 4.69) is 6.92 Å². The SMILES string of the molecule is CCCC1CCC(CCC2CCC(c3cc(C)c(CCc4ccc(OCC)c(F)c4F)cc3F)CC2)CC1. The van der Waals surface area contributed by atoms with Gasteiger partial charge in [0.25, 0.3) is 0 Å². The molecule has 0 heterocycles. The molecule has 0 unspecified atom stereocenters. The van der Waals surface area contributed by atoms with Crippen LogP contribution in [-0.4, -0.2) is 6.61 Å². The molecule has 2 fully saturated rings. The minimum atomic E-state index is -0.947. The van der Waals surface area contributed by atoms with Gasteiger partial charge in [-0.25, -0.2) is 8.78 Å².